The highest BCUT2D eigenvalue weighted by molar-refractivity contribution is 7.93. The lowest BCUT2D eigenvalue weighted by Gasteiger charge is -2.20. The molecule has 29 heavy (non-hydrogen) atoms. The molecule has 3 aromatic carbocycles. The molecule has 0 radical (unpaired) electrons. The Hall–Kier alpha value is -2.83. The van der Waals surface area contributed by atoms with Gasteiger partial charge in [0.15, 0.2) is 0 Å². The lowest BCUT2D eigenvalue weighted by Crippen LogP contribution is -2.27. The Labute approximate surface area is 172 Å². The average molecular weight is 426 g/mol. The predicted molar refractivity (Wildman–Crippen MR) is 114 cm³/mol. The van der Waals surface area contributed by atoms with Crippen molar-refractivity contribution in [2.45, 2.75) is 24.8 Å². The highest BCUT2D eigenvalue weighted by atomic mass is 35.5. The molecule has 0 saturated carbocycles. The number of anilines is 1. The molecule has 0 atom stereocenters. The Kier molecular flexibility index (Phi) is 3.98. The highest BCUT2D eigenvalue weighted by Crippen LogP contribution is 2.43. The van der Waals surface area contributed by atoms with Gasteiger partial charge in [-0.2, -0.15) is 0 Å². The number of rotatable bonds is 3. The fourth-order valence-corrected chi connectivity index (χ4v) is 5.96. The third-order valence-corrected chi connectivity index (χ3v) is 7.53. The van der Waals surface area contributed by atoms with E-state index >= 15 is 0 Å². The number of aryl methyl sites for hydroxylation is 1. The molecule has 0 amide bonds. The van der Waals surface area contributed by atoms with Crippen LogP contribution in [0.2, 0.25) is 5.02 Å². The zero-order chi connectivity index (χ0) is 20.3. The van der Waals surface area contributed by atoms with Crippen LogP contribution in [0, 0.1) is 0 Å². The highest BCUT2D eigenvalue weighted by Gasteiger charge is 2.35. The standard InChI is InChI=1S/C22H16ClNO4S/c1-2-13-9-19-16(11-17(13)23)15(10-21(25)28-19)12-24-18-7-3-5-14-6-4-8-20(22(14)18)29(24,26)27/h3-11H,2,12H2,1H3. The van der Waals surface area contributed by atoms with Crippen molar-refractivity contribution in [2.24, 2.45) is 0 Å². The van der Waals surface area contributed by atoms with Crippen molar-refractivity contribution in [3.63, 3.8) is 0 Å². The first-order valence-corrected chi connectivity index (χ1v) is 11.0. The van der Waals surface area contributed by atoms with Crippen LogP contribution < -0.4 is 9.93 Å². The molecular formula is C22H16ClNO4S. The third-order valence-electron chi connectivity index (χ3n) is 5.37. The number of sulfonamides is 1. The summed E-state index contributed by atoms with van der Waals surface area (Å²) in [7, 11) is -3.73. The van der Waals surface area contributed by atoms with Gasteiger partial charge in [-0.15, -0.1) is 0 Å². The fraction of sp³-hybridized carbons (Fsp3) is 0.136. The first kappa shape index (κ1) is 18.2. The molecule has 0 bridgehead atoms. The maximum absolute atomic E-state index is 13.3. The second-order valence-electron chi connectivity index (χ2n) is 7.03. The van der Waals surface area contributed by atoms with Gasteiger partial charge in [0.05, 0.1) is 17.1 Å². The molecule has 7 heteroatoms. The van der Waals surface area contributed by atoms with Crippen molar-refractivity contribution in [3.05, 3.63) is 81.2 Å². The Morgan fingerprint density at radius 2 is 1.79 bits per heavy atom. The summed E-state index contributed by atoms with van der Waals surface area (Å²) < 4.78 is 33.2. The molecule has 5 nitrogen and oxygen atoms in total. The molecule has 1 aromatic heterocycles. The molecule has 2 heterocycles. The fourth-order valence-electron chi connectivity index (χ4n) is 3.97. The van der Waals surface area contributed by atoms with Crippen LogP contribution >= 0.6 is 11.6 Å². The van der Waals surface area contributed by atoms with Crippen LogP contribution in [0.3, 0.4) is 0 Å². The van der Waals surface area contributed by atoms with E-state index in [9.17, 15) is 13.2 Å². The van der Waals surface area contributed by atoms with E-state index in [1.807, 2.05) is 25.1 Å². The number of fused-ring (bicyclic) bond motifs is 1. The lowest BCUT2D eigenvalue weighted by atomic mass is 10.1. The second kappa shape index (κ2) is 6.34. The zero-order valence-electron chi connectivity index (χ0n) is 15.5. The van der Waals surface area contributed by atoms with E-state index in [2.05, 4.69) is 0 Å². The molecule has 0 saturated heterocycles. The van der Waals surface area contributed by atoms with E-state index in [4.69, 9.17) is 16.0 Å². The third kappa shape index (κ3) is 2.67. The van der Waals surface area contributed by atoms with Crippen molar-refractivity contribution in [1.82, 2.24) is 0 Å². The van der Waals surface area contributed by atoms with Gasteiger partial charge in [-0.25, -0.2) is 13.2 Å². The molecule has 0 unspecified atom stereocenters. The molecule has 4 aromatic rings. The SMILES string of the molecule is CCc1cc2oc(=O)cc(CN3c4cccc5cccc(c45)S3(=O)=O)c2cc1Cl. The van der Waals surface area contributed by atoms with Crippen LogP contribution in [0.1, 0.15) is 18.1 Å². The monoisotopic (exact) mass is 425 g/mol. The summed E-state index contributed by atoms with van der Waals surface area (Å²) in [4.78, 5) is 12.4. The minimum atomic E-state index is -3.73. The van der Waals surface area contributed by atoms with Crippen LogP contribution in [0.5, 0.6) is 0 Å². The summed E-state index contributed by atoms with van der Waals surface area (Å²) in [5.74, 6) is 0. The predicted octanol–water partition coefficient (Wildman–Crippen LogP) is 4.87. The van der Waals surface area contributed by atoms with E-state index < -0.39 is 15.6 Å². The molecule has 0 aliphatic carbocycles. The number of nitrogens with zero attached hydrogens (tertiary/aromatic N) is 1. The number of hydrogen-bond donors (Lipinski definition) is 0. The van der Waals surface area contributed by atoms with Gasteiger partial charge < -0.3 is 4.42 Å². The summed E-state index contributed by atoms with van der Waals surface area (Å²) >= 11 is 6.37. The molecule has 1 aliphatic heterocycles. The Morgan fingerprint density at radius 1 is 1.03 bits per heavy atom. The average Bonchev–Trinajstić information content (AvgIpc) is 2.91. The minimum Gasteiger partial charge on any atom is -0.423 e. The maximum Gasteiger partial charge on any atom is 0.336 e. The molecule has 0 N–H and O–H groups in total. The van der Waals surface area contributed by atoms with Gasteiger partial charge in [0.1, 0.15) is 5.58 Å². The molecule has 146 valence electrons. The normalized spacial score (nSPS) is 14.8. The first-order valence-electron chi connectivity index (χ1n) is 9.20. The zero-order valence-corrected chi connectivity index (χ0v) is 17.0. The second-order valence-corrected chi connectivity index (χ2v) is 9.27. The quantitative estimate of drug-likeness (QED) is 0.439. The molecule has 1 aliphatic rings. The molecular weight excluding hydrogens is 410 g/mol. The van der Waals surface area contributed by atoms with Crippen molar-refractivity contribution < 1.29 is 12.8 Å². The maximum atomic E-state index is 13.3. The van der Waals surface area contributed by atoms with Crippen molar-refractivity contribution in [2.75, 3.05) is 4.31 Å². The summed E-state index contributed by atoms with van der Waals surface area (Å²) in [5, 5.41) is 2.75. The van der Waals surface area contributed by atoms with Crippen LogP contribution in [0.25, 0.3) is 21.7 Å². The Balaban J connectivity index is 1.72. The molecule has 0 spiro atoms. The van der Waals surface area contributed by atoms with Gasteiger partial charge in [-0.1, -0.05) is 42.8 Å². The van der Waals surface area contributed by atoms with Gasteiger partial charge in [-0.3, -0.25) is 4.31 Å². The minimum absolute atomic E-state index is 0.0139. The van der Waals surface area contributed by atoms with Gasteiger partial charge in [-0.05, 0) is 47.2 Å². The van der Waals surface area contributed by atoms with E-state index in [1.165, 1.54) is 10.4 Å². The molecule has 5 rings (SSSR count). The topological polar surface area (TPSA) is 67.6 Å². The summed E-state index contributed by atoms with van der Waals surface area (Å²) in [5.41, 5.74) is 1.90. The summed E-state index contributed by atoms with van der Waals surface area (Å²) in [6, 6.07) is 15.6. The lowest BCUT2D eigenvalue weighted by molar-refractivity contribution is 0.558. The van der Waals surface area contributed by atoms with E-state index in [0.29, 0.717) is 39.0 Å². The Bertz CT molecular complexity index is 1470. The largest absolute Gasteiger partial charge is 0.423 e. The van der Waals surface area contributed by atoms with Crippen molar-refractivity contribution in [3.8, 4) is 0 Å². The van der Waals surface area contributed by atoms with E-state index in [-0.39, 0.29) is 11.4 Å². The van der Waals surface area contributed by atoms with Gasteiger partial charge in [0.2, 0.25) is 0 Å². The summed E-state index contributed by atoms with van der Waals surface area (Å²) in [6.45, 7) is 1.98. The van der Waals surface area contributed by atoms with Crippen LogP contribution in [-0.4, -0.2) is 8.42 Å². The van der Waals surface area contributed by atoms with E-state index in [0.717, 1.165) is 10.9 Å². The van der Waals surface area contributed by atoms with E-state index in [1.54, 1.807) is 30.3 Å². The summed E-state index contributed by atoms with van der Waals surface area (Å²) in [6.07, 6.45) is 0.695. The van der Waals surface area contributed by atoms with Crippen molar-refractivity contribution >= 4 is 49.1 Å². The van der Waals surface area contributed by atoms with Crippen LogP contribution in [-0.2, 0) is 23.0 Å². The van der Waals surface area contributed by atoms with Crippen LogP contribution in [0.4, 0.5) is 5.69 Å². The number of benzene rings is 3. The van der Waals surface area contributed by atoms with Gasteiger partial charge >= 0.3 is 5.63 Å². The smallest absolute Gasteiger partial charge is 0.336 e. The first-order chi connectivity index (χ1) is 13.9. The number of halogens is 1. The van der Waals surface area contributed by atoms with Crippen molar-refractivity contribution in [1.29, 1.82) is 0 Å². The number of hydrogen-bond acceptors (Lipinski definition) is 4. The van der Waals surface area contributed by atoms with Gasteiger partial charge in [0.25, 0.3) is 10.0 Å². The van der Waals surface area contributed by atoms with Crippen LogP contribution in [0.15, 0.2) is 68.7 Å². The Morgan fingerprint density at radius 3 is 2.55 bits per heavy atom. The van der Waals surface area contributed by atoms with Gasteiger partial charge in [0, 0.05) is 21.9 Å². The molecule has 0 fully saturated rings.